The molecule has 0 aliphatic carbocycles. The Labute approximate surface area is 164 Å². The van der Waals surface area contributed by atoms with E-state index >= 15 is 0 Å². The van der Waals surface area contributed by atoms with Crippen molar-refractivity contribution in [2.45, 2.75) is 27.2 Å². The van der Waals surface area contributed by atoms with E-state index in [9.17, 15) is 9.59 Å². The van der Waals surface area contributed by atoms with Crippen molar-refractivity contribution in [3.8, 4) is 0 Å². The third-order valence-corrected chi connectivity index (χ3v) is 4.71. The van der Waals surface area contributed by atoms with Crippen LogP contribution in [-0.4, -0.2) is 56.7 Å². The van der Waals surface area contributed by atoms with Crippen LogP contribution in [0.1, 0.15) is 31.7 Å². The first-order chi connectivity index (χ1) is 13.4. The summed E-state index contributed by atoms with van der Waals surface area (Å²) in [5.41, 5.74) is 0.955. The molecular formula is C20H25N5O3. The smallest absolute Gasteiger partial charge is 0.357 e. The molecule has 0 spiro atoms. The highest BCUT2D eigenvalue weighted by atomic mass is 16.5. The number of hydrogen-bond donors (Lipinski definition) is 0. The minimum absolute atomic E-state index is 0.155. The maximum atomic E-state index is 12.7. The van der Waals surface area contributed by atoms with Crippen molar-refractivity contribution in [2.75, 3.05) is 19.7 Å². The highest BCUT2D eigenvalue weighted by molar-refractivity contribution is 6.15. The van der Waals surface area contributed by atoms with Crippen LogP contribution in [-0.2, 0) is 14.3 Å². The Morgan fingerprint density at radius 3 is 2.46 bits per heavy atom. The first-order valence-electron chi connectivity index (χ1n) is 9.41. The number of rotatable bonds is 5. The molecular weight excluding hydrogens is 358 g/mol. The van der Waals surface area contributed by atoms with Gasteiger partial charge in [-0.25, -0.2) is 4.79 Å². The molecule has 0 N–H and O–H groups in total. The predicted octanol–water partition coefficient (Wildman–Crippen LogP) is 2.03. The standard InChI is InChI=1S/C20H25N5O3/c1-14-9-15(2)12-24(11-14)19(26)13-28-20(27)18(25-16(3)21-22-23-25)10-17-7-5-4-6-8-17/h4-8,10,14-15H,9,11-13H2,1-3H3/b18-10-/t14-,15-/m1/s1. The molecule has 1 saturated heterocycles. The SMILES string of the molecule is Cc1nnnn1/C(=C\c1ccccc1)C(=O)OCC(=O)N1C[C@H](C)C[C@@H](C)C1. The van der Waals surface area contributed by atoms with E-state index in [1.807, 2.05) is 30.3 Å². The Morgan fingerprint density at radius 1 is 1.18 bits per heavy atom. The Bertz CT molecular complexity index is 852. The van der Waals surface area contributed by atoms with Crippen LogP contribution in [0, 0.1) is 18.8 Å². The minimum atomic E-state index is -0.647. The first-order valence-corrected chi connectivity index (χ1v) is 9.41. The number of piperidine rings is 1. The number of benzene rings is 1. The lowest BCUT2D eigenvalue weighted by molar-refractivity contribution is -0.149. The van der Waals surface area contributed by atoms with Crippen molar-refractivity contribution in [3.63, 3.8) is 0 Å². The van der Waals surface area contributed by atoms with Crippen LogP contribution < -0.4 is 0 Å². The van der Waals surface area contributed by atoms with Crippen LogP contribution in [0.25, 0.3) is 11.8 Å². The second-order valence-corrected chi connectivity index (χ2v) is 7.40. The summed E-state index contributed by atoms with van der Waals surface area (Å²) in [4.78, 5) is 27.0. The molecule has 8 heteroatoms. The van der Waals surface area contributed by atoms with Gasteiger partial charge < -0.3 is 9.64 Å². The summed E-state index contributed by atoms with van der Waals surface area (Å²) in [6.07, 6.45) is 2.74. The van der Waals surface area contributed by atoms with Crippen molar-refractivity contribution in [3.05, 3.63) is 41.7 Å². The van der Waals surface area contributed by atoms with Gasteiger partial charge in [-0.15, -0.1) is 5.10 Å². The maximum Gasteiger partial charge on any atom is 0.357 e. The third-order valence-electron chi connectivity index (χ3n) is 4.71. The number of carbonyl (C=O) groups excluding carboxylic acids is 2. The highest BCUT2D eigenvalue weighted by Gasteiger charge is 2.27. The second kappa shape index (κ2) is 8.77. The number of hydrogen-bond acceptors (Lipinski definition) is 6. The molecule has 0 saturated carbocycles. The zero-order valence-corrected chi connectivity index (χ0v) is 16.4. The van der Waals surface area contributed by atoms with E-state index in [0.29, 0.717) is 30.7 Å². The van der Waals surface area contributed by atoms with E-state index in [-0.39, 0.29) is 18.2 Å². The molecule has 3 rings (SSSR count). The summed E-state index contributed by atoms with van der Waals surface area (Å²) in [7, 11) is 0. The van der Waals surface area contributed by atoms with Gasteiger partial charge in [0.15, 0.2) is 18.1 Å². The van der Waals surface area contributed by atoms with Crippen molar-refractivity contribution in [2.24, 2.45) is 11.8 Å². The van der Waals surface area contributed by atoms with Crippen LogP contribution in [0.5, 0.6) is 0 Å². The number of nitrogens with zero attached hydrogens (tertiary/aromatic N) is 5. The fourth-order valence-electron chi connectivity index (χ4n) is 3.53. The average molecular weight is 383 g/mol. The molecule has 1 amide bonds. The van der Waals surface area contributed by atoms with Gasteiger partial charge in [0.05, 0.1) is 0 Å². The highest BCUT2D eigenvalue weighted by Crippen LogP contribution is 2.21. The minimum Gasteiger partial charge on any atom is -0.451 e. The molecule has 0 bridgehead atoms. The van der Waals surface area contributed by atoms with Gasteiger partial charge in [-0.05, 0) is 47.2 Å². The molecule has 0 radical (unpaired) electrons. The molecule has 2 atom stereocenters. The van der Waals surface area contributed by atoms with Crippen molar-refractivity contribution < 1.29 is 14.3 Å². The largest absolute Gasteiger partial charge is 0.451 e. The topological polar surface area (TPSA) is 90.2 Å². The number of likely N-dealkylation sites (tertiary alicyclic amines) is 1. The molecule has 1 aromatic heterocycles. The molecule has 1 fully saturated rings. The lowest BCUT2D eigenvalue weighted by Gasteiger charge is -2.34. The molecule has 28 heavy (non-hydrogen) atoms. The first kappa shape index (κ1) is 19.7. The molecule has 1 aliphatic rings. The van der Waals surface area contributed by atoms with Crippen molar-refractivity contribution in [1.29, 1.82) is 0 Å². The normalized spacial score (nSPS) is 20.1. The number of ether oxygens (including phenoxy) is 1. The van der Waals surface area contributed by atoms with Crippen molar-refractivity contribution >= 4 is 23.6 Å². The van der Waals surface area contributed by atoms with Gasteiger partial charge in [-0.2, -0.15) is 4.68 Å². The summed E-state index contributed by atoms with van der Waals surface area (Å²) in [6.45, 7) is 7.03. The summed E-state index contributed by atoms with van der Waals surface area (Å²) in [6, 6.07) is 9.33. The zero-order valence-electron chi connectivity index (χ0n) is 16.4. The van der Waals surface area contributed by atoms with E-state index < -0.39 is 5.97 Å². The van der Waals surface area contributed by atoms with Gasteiger partial charge in [-0.3, -0.25) is 4.79 Å². The Kier molecular flexibility index (Phi) is 6.18. The average Bonchev–Trinajstić information content (AvgIpc) is 3.09. The predicted molar refractivity (Wildman–Crippen MR) is 104 cm³/mol. The van der Waals surface area contributed by atoms with Crippen molar-refractivity contribution in [1.82, 2.24) is 25.1 Å². The fourth-order valence-corrected chi connectivity index (χ4v) is 3.53. The van der Waals surface area contributed by atoms with E-state index in [1.54, 1.807) is 17.9 Å². The molecule has 0 unspecified atom stereocenters. The monoisotopic (exact) mass is 383 g/mol. The van der Waals surface area contributed by atoms with E-state index in [1.165, 1.54) is 4.68 Å². The quantitative estimate of drug-likeness (QED) is 0.580. The van der Waals surface area contributed by atoms with Gasteiger partial charge in [0, 0.05) is 13.1 Å². The van der Waals surface area contributed by atoms with Gasteiger partial charge >= 0.3 is 5.97 Å². The van der Waals surface area contributed by atoms with E-state index in [4.69, 9.17) is 4.74 Å². The summed E-state index contributed by atoms with van der Waals surface area (Å²) < 4.78 is 6.64. The molecule has 148 valence electrons. The number of carbonyl (C=O) groups is 2. The molecule has 2 heterocycles. The number of tetrazole rings is 1. The second-order valence-electron chi connectivity index (χ2n) is 7.40. The van der Waals surface area contributed by atoms with Gasteiger partial charge in [0.2, 0.25) is 0 Å². The maximum absolute atomic E-state index is 12.7. The van der Waals surface area contributed by atoms with Crippen LogP contribution in [0.15, 0.2) is 30.3 Å². The zero-order chi connectivity index (χ0) is 20.1. The Morgan fingerprint density at radius 2 is 1.86 bits per heavy atom. The van der Waals surface area contributed by atoms with Crippen LogP contribution in [0.2, 0.25) is 0 Å². The van der Waals surface area contributed by atoms with Crippen LogP contribution in [0.3, 0.4) is 0 Å². The molecule has 2 aromatic rings. The Balaban J connectivity index is 1.73. The Hall–Kier alpha value is -3.03. The van der Waals surface area contributed by atoms with Gasteiger partial charge in [-0.1, -0.05) is 44.2 Å². The number of amides is 1. The molecule has 8 nitrogen and oxygen atoms in total. The van der Waals surface area contributed by atoms with E-state index in [0.717, 1.165) is 12.0 Å². The number of aryl methyl sites for hydroxylation is 1. The lowest BCUT2D eigenvalue weighted by Crippen LogP contribution is -2.44. The van der Waals surface area contributed by atoms with Gasteiger partial charge in [0.25, 0.3) is 5.91 Å². The third kappa shape index (κ3) is 4.82. The van der Waals surface area contributed by atoms with Crippen LogP contribution >= 0.6 is 0 Å². The fraction of sp³-hybridized carbons (Fsp3) is 0.450. The van der Waals surface area contributed by atoms with Gasteiger partial charge in [0.1, 0.15) is 0 Å². The number of esters is 1. The lowest BCUT2D eigenvalue weighted by atomic mass is 9.92. The number of aromatic nitrogens is 4. The summed E-state index contributed by atoms with van der Waals surface area (Å²) in [5, 5.41) is 11.3. The molecule has 1 aliphatic heterocycles. The summed E-state index contributed by atoms with van der Waals surface area (Å²) in [5.74, 6) is 0.510. The van der Waals surface area contributed by atoms with Crippen LogP contribution in [0.4, 0.5) is 0 Å². The summed E-state index contributed by atoms with van der Waals surface area (Å²) >= 11 is 0. The van der Waals surface area contributed by atoms with E-state index in [2.05, 4.69) is 29.4 Å². The molecule has 1 aromatic carbocycles.